The molecule has 0 amide bonds. The second-order valence-electron chi connectivity index (χ2n) is 3.88. The van der Waals surface area contributed by atoms with Crippen LogP contribution < -0.4 is 4.74 Å². The number of benzene rings is 1. The highest BCUT2D eigenvalue weighted by molar-refractivity contribution is 6.27. The number of carbonyl (C=O) groups is 2. The maximum Gasteiger partial charge on any atom is 0.573 e. The van der Waals surface area contributed by atoms with Gasteiger partial charge in [-0.1, -0.05) is 0 Å². The molecule has 0 fully saturated rings. The van der Waals surface area contributed by atoms with E-state index in [9.17, 15) is 22.8 Å². The number of ether oxygens (including phenoxy) is 2. The molecule has 21 heavy (non-hydrogen) atoms. The maximum atomic E-state index is 12.1. The van der Waals surface area contributed by atoms with Crippen LogP contribution in [0.15, 0.2) is 24.3 Å². The van der Waals surface area contributed by atoms with Gasteiger partial charge in [0.1, 0.15) is 17.3 Å². The van der Waals surface area contributed by atoms with Gasteiger partial charge in [0.25, 0.3) is 0 Å². The van der Waals surface area contributed by atoms with Crippen LogP contribution >= 0.6 is 11.6 Å². The third kappa shape index (κ3) is 3.88. The summed E-state index contributed by atoms with van der Waals surface area (Å²) < 4.78 is 44.4. The number of nitrogens with one attached hydrogen (secondary N) is 1. The monoisotopic (exact) mass is 321 g/mol. The summed E-state index contributed by atoms with van der Waals surface area (Å²) >= 11 is 5.18. The molecule has 0 spiro atoms. The van der Waals surface area contributed by atoms with Gasteiger partial charge in [0.15, 0.2) is 0 Å². The first-order valence-corrected chi connectivity index (χ1v) is 6.01. The van der Waals surface area contributed by atoms with Crippen LogP contribution in [0.3, 0.4) is 0 Å². The van der Waals surface area contributed by atoms with E-state index in [0.29, 0.717) is 10.9 Å². The maximum absolute atomic E-state index is 12.1. The van der Waals surface area contributed by atoms with Crippen molar-refractivity contribution in [1.29, 1.82) is 0 Å². The zero-order chi connectivity index (χ0) is 15.6. The highest BCUT2D eigenvalue weighted by Crippen LogP contribution is 2.27. The number of aromatic nitrogens is 1. The van der Waals surface area contributed by atoms with Gasteiger partial charge >= 0.3 is 18.3 Å². The molecule has 9 heteroatoms. The molecule has 0 saturated heterocycles. The molecule has 0 aliphatic rings. The van der Waals surface area contributed by atoms with E-state index < -0.39 is 29.9 Å². The molecule has 1 heterocycles. The van der Waals surface area contributed by atoms with E-state index in [4.69, 9.17) is 11.6 Å². The minimum absolute atomic E-state index is 0.0902. The van der Waals surface area contributed by atoms with E-state index in [2.05, 4.69) is 14.5 Å². The molecule has 5 nitrogen and oxygen atoms in total. The van der Waals surface area contributed by atoms with Gasteiger partial charge in [0.2, 0.25) is 0 Å². The number of fused-ring (bicyclic) bond motifs is 1. The standard InChI is InChI=1S/C12H7ClF3NO4/c13-5-10(18)20-11(19)9-4-6-3-7(21-12(14,15)16)1-2-8(6)17-9/h1-4,17H,5H2. The third-order valence-electron chi connectivity index (χ3n) is 2.36. The molecule has 2 rings (SSSR count). The van der Waals surface area contributed by atoms with Crippen molar-refractivity contribution in [2.75, 3.05) is 5.88 Å². The number of alkyl halides is 4. The predicted molar refractivity (Wildman–Crippen MR) is 66.1 cm³/mol. The summed E-state index contributed by atoms with van der Waals surface area (Å²) in [6, 6.07) is 4.73. The number of H-pyrrole nitrogens is 1. The van der Waals surface area contributed by atoms with E-state index in [1.807, 2.05) is 0 Å². The minimum Gasteiger partial charge on any atom is -0.406 e. The Labute approximate surface area is 120 Å². The first-order valence-electron chi connectivity index (χ1n) is 5.48. The summed E-state index contributed by atoms with van der Waals surface area (Å²) in [5.74, 6) is -2.82. The SMILES string of the molecule is O=C(CCl)OC(=O)c1cc2cc(OC(F)(F)F)ccc2[nH]1. The summed E-state index contributed by atoms with van der Waals surface area (Å²) in [7, 11) is 0. The van der Waals surface area contributed by atoms with Crippen molar-refractivity contribution >= 4 is 34.4 Å². The summed E-state index contributed by atoms with van der Waals surface area (Å²) in [5, 5.41) is 0.294. The van der Waals surface area contributed by atoms with E-state index in [0.717, 1.165) is 12.1 Å². The number of carbonyl (C=O) groups excluding carboxylic acids is 2. The first-order chi connectivity index (χ1) is 9.78. The van der Waals surface area contributed by atoms with Gasteiger partial charge < -0.3 is 14.5 Å². The third-order valence-corrected chi connectivity index (χ3v) is 2.58. The number of hydrogen-bond donors (Lipinski definition) is 1. The van der Waals surface area contributed by atoms with Crippen molar-refractivity contribution in [3.8, 4) is 5.75 Å². The summed E-state index contributed by atoms with van der Waals surface area (Å²) in [6.07, 6.45) is -4.81. The Bertz CT molecular complexity index is 695. The number of hydrogen-bond acceptors (Lipinski definition) is 4. The van der Waals surface area contributed by atoms with Gasteiger partial charge in [0, 0.05) is 10.9 Å². The Morgan fingerprint density at radius 3 is 2.57 bits per heavy atom. The van der Waals surface area contributed by atoms with Crippen LogP contribution in [0.4, 0.5) is 13.2 Å². The fourth-order valence-electron chi connectivity index (χ4n) is 1.60. The molecule has 0 atom stereocenters. The Kier molecular flexibility index (Phi) is 4.08. The van der Waals surface area contributed by atoms with E-state index in [1.165, 1.54) is 12.1 Å². The van der Waals surface area contributed by atoms with Crippen molar-refractivity contribution in [1.82, 2.24) is 4.98 Å². The number of rotatable bonds is 3. The van der Waals surface area contributed by atoms with Crippen molar-refractivity contribution < 1.29 is 32.2 Å². The Morgan fingerprint density at radius 1 is 1.24 bits per heavy atom. The van der Waals surface area contributed by atoms with Crippen LogP contribution in [0.5, 0.6) is 5.75 Å². The molecule has 2 aromatic rings. The van der Waals surface area contributed by atoms with E-state index >= 15 is 0 Å². The Hall–Kier alpha value is -2.22. The van der Waals surface area contributed by atoms with E-state index in [-0.39, 0.29) is 5.69 Å². The quantitative estimate of drug-likeness (QED) is 0.536. The summed E-state index contributed by atoms with van der Waals surface area (Å²) in [5.41, 5.74) is 0.294. The molecule has 0 aliphatic carbocycles. The fourth-order valence-corrected chi connectivity index (χ4v) is 1.66. The summed E-state index contributed by atoms with van der Waals surface area (Å²) in [4.78, 5) is 25.0. The van der Waals surface area contributed by atoms with Crippen molar-refractivity contribution in [2.45, 2.75) is 6.36 Å². The first kappa shape index (κ1) is 15.2. The number of aromatic amines is 1. The van der Waals surface area contributed by atoms with Crippen LogP contribution in [0.1, 0.15) is 10.5 Å². The molecule has 1 aromatic heterocycles. The molecule has 0 unspecified atom stereocenters. The van der Waals surface area contributed by atoms with Crippen LogP contribution in [-0.4, -0.2) is 29.2 Å². The largest absolute Gasteiger partial charge is 0.573 e. The van der Waals surface area contributed by atoms with E-state index in [1.54, 1.807) is 0 Å². The van der Waals surface area contributed by atoms with Gasteiger partial charge in [-0.3, -0.25) is 4.79 Å². The minimum atomic E-state index is -4.81. The predicted octanol–water partition coefficient (Wildman–Crippen LogP) is 2.99. The molecule has 1 aromatic carbocycles. The Morgan fingerprint density at radius 2 is 1.95 bits per heavy atom. The van der Waals surface area contributed by atoms with Crippen molar-refractivity contribution in [2.24, 2.45) is 0 Å². The van der Waals surface area contributed by atoms with Crippen molar-refractivity contribution in [3.05, 3.63) is 30.0 Å². The lowest BCUT2D eigenvalue weighted by Gasteiger charge is -2.08. The Balaban J connectivity index is 2.25. The molecule has 1 N–H and O–H groups in total. The van der Waals surface area contributed by atoms with Crippen molar-refractivity contribution in [3.63, 3.8) is 0 Å². The zero-order valence-corrected chi connectivity index (χ0v) is 10.9. The van der Waals surface area contributed by atoms with Gasteiger partial charge in [-0.05, 0) is 24.3 Å². The number of halogens is 4. The molecular formula is C12H7ClF3NO4. The average Bonchev–Trinajstić information content (AvgIpc) is 2.79. The molecule has 0 aliphatic heterocycles. The average molecular weight is 322 g/mol. The van der Waals surface area contributed by atoms with Crippen LogP contribution in [0.2, 0.25) is 0 Å². The number of esters is 2. The lowest BCUT2D eigenvalue weighted by atomic mass is 10.2. The lowest BCUT2D eigenvalue weighted by molar-refractivity contribution is -0.274. The molecular weight excluding hydrogens is 315 g/mol. The molecule has 112 valence electrons. The topological polar surface area (TPSA) is 68.4 Å². The van der Waals surface area contributed by atoms with Gasteiger partial charge in [-0.2, -0.15) is 0 Å². The smallest absolute Gasteiger partial charge is 0.406 e. The second-order valence-corrected chi connectivity index (χ2v) is 4.14. The highest BCUT2D eigenvalue weighted by Gasteiger charge is 2.31. The van der Waals surface area contributed by atoms with Gasteiger partial charge in [0.05, 0.1) is 0 Å². The van der Waals surface area contributed by atoms with Crippen LogP contribution in [0.25, 0.3) is 10.9 Å². The summed E-state index contributed by atoms with van der Waals surface area (Å²) in [6.45, 7) is 0. The zero-order valence-electron chi connectivity index (χ0n) is 10.2. The normalized spacial score (nSPS) is 11.4. The lowest BCUT2D eigenvalue weighted by Crippen LogP contribution is -2.16. The van der Waals surface area contributed by atoms with Gasteiger partial charge in [-0.15, -0.1) is 24.8 Å². The van der Waals surface area contributed by atoms with Crippen LogP contribution in [0, 0.1) is 0 Å². The highest BCUT2D eigenvalue weighted by atomic mass is 35.5. The van der Waals surface area contributed by atoms with Gasteiger partial charge in [-0.25, -0.2) is 4.79 Å². The fraction of sp³-hybridized carbons (Fsp3) is 0.167. The molecule has 0 bridgehead atoms. The molecule has 0 saturated carbocycles. The second kappa shape index (κ2) is 5.65. The van der Waals surface area contributed by atoms with Crippen LogP contribution in [-0.2, 0) is 9.53 Å². The molecule has 0 radical (unpaired) electrons.